The van der Waals surface area contributed by atoms with Crippen molar-refractivity contribution in [3.05, 3.63) is 60.2 Å². The number of carbonyl (C=O) groups excluding carboxylic acids is 2. The predicted molar refractivity (Wildman–Crippen MR) is 127 cm³/mol. The highest BCUT2D eigenvalue weighted by Gasteiger charge is 2.17. The highest BCUT2D eigenvalue weighted by molar-refractivity contribution is 6.11. The molecule has 10 nitrogen and oxygen atoms in total. The molecule has 1 aromatic carbocycles. The lowest BCUT2D eigenvalue weighted by Gasteiger charge is -2.10. The summed E-state index contributed by atoms with van der Waals surface area (Å²) in [6.45, 7) is 0.615. The van der Waals surface area contributed by atoms with E-state index < -0.39 is 0 Å². The van der Waals surface area contributed by atoms with Gasteiger partial charge in [0.1, 0.15) is 11.3 Å². The number of anilines is 2. The van der Waals surface area contributed by atoms with E-state index in [9.17, 15) is 9.59 Å². The van der Waals surface area contributed by atoms with Gasteiger partial charge in [0.2, 0.25) is 11.9 Å². The molecule has 1 fully saturated rings. The van der Waals surface area contributed by atoms with Crippen molar-refractivity contribution in [2.24, 2.45) is 5.92 Å². The summed E-state index contributed by atoms with van der Waals surface area (Å²) in [5.41, 5.74) is 1.76. The molecule has 0 bridgehead atoms. The zero-order valence-electron chi connectivity index (χ0n) is 18.5. The van der Waals surface area contributed by atoms with Gasteiger partial charge in [0.25, 0.3) is 11.8 Å². The Morgan fingerprint density at radius 2 is 1.94 bits per heavy atom. The molecule has 4 aromatic rings. The van der Waals surface area contributed by atoms with Crippen molar-refractivity contribution in [2.45, 2.75) is 32.1 Å². The monoisotopic (exact) mass is 459 g/mol. The Hall–Kier alpha value is -4.21. The third-order valence-corrected chi connectivity index (χ3v) is 5.96. The highest BCUT2D eigenvalue weighted by atomic mass is 16.5. The molecule has 0 saturated heterocycles. The number of aromatic nitrogens is 5. The zero-order chi connectivity index (χ0) is 23.3. The first kappa shape index (κ1) is 21.6. The molecule has 1 saturated carbocycles. The van der Waals surface area contributed by atoms with Crippen LogP contribution in [0, 0.1) is 5.92 Å². The number of rotatable bonds is 8. The van der Waals surface area contributed by atoms with E-state index in [-0.39, 0.29) is 17.8 Å². The van der Waals surface area contributed by atoms with Crippen LogP contribution in [0.3, 0.4) is 0 Å². The number of pyridine rings is 1. The summed E-state index contributed by atoms with van der Waals surface area (Å²) in [5, 5.41) is 5.41. The number of amides is 2. The summed E-state index contributed by atoms with van der Waals surface area (Å²) < 4.78 is 5.82. The summed E-state index contributed by atoms with van der Waals surface area (Å²) in [4.78, 5) is 43.9. The van der Waals surface area contributed by atoms with E-state index in [1.54, 1.807) is 42.9 Å². The molecule has 10 heteroatoms. The molecule has 5 rings (SSSR count). The summed E-state index contributed by atoms with van der Waals surface area (Å²) in [7, 11) is 0. The van der Waals surface area contributed by atoms with Crippen LogP contribution < -0.4 is 15.4 Å². The molecular formula is C24H25N7O3. The van der Waals surface area contributed by atoms with Gasteiger partial charge in [0.15, 0.2) is 0 Å². The van der Waals surface area contributed by atoms with E-state index in [4.69, 9.17) is 4.74 Å². The van der Waals surface area contributed by atoms with Crippen molar-refractivity contribution in [1.29, 1.82) is 0 Å². The Kier molecular flexibility index (Phi) is 6.19. The quantitative estimate of drug-likeness (QED) is 0.312. The van der Waals surface area contributed by atoms with Crippen LogP contribution in [-0.2, 0) is 0 Å². The number of ether oxygens (including phenoxy) is 1. The molecule has 2 amide bonds. The Morgan fingerprint density at radius 1 is 1.09 bits per heavy atom. The van der Waals surface area contributed by atoms with E-state index in [0.717, 1.165) is 12.3 Å². The number of nitrogens with one attached hydrogen (secondary N) is 4. The van der Waals surface area contributed by atoms with Crippen molar-refractivity contribution in [2.75, 3.05) is 17.2 Å². The second-order valence-electron chi connectivity index (χ2n) is 8.33. The standard InChI is InChI=1S/C24H25N7O3/c32-21(16-12-17(14-25-13-16)34-11-8-15-4-1-2-5-15)30-24-28-19-7-3-6-18(20(19)29-24)22(33)31-23-26-9-10-27-23/h3,6-7,9-10,12-15H,1-2,4-5,8,11H2,(H2,26,27,31,33)(H2,28,29,30,32). The van der Waals surface area contributed by atoms with Crippen molar-refractivity contribution in [3.8, 4) is 5.75 Å². The molecule has 34 heavy (non-hydrogen) atoms. The molecule has 1 aliphatic rings. The smallest absolute Gasteiger partial charge is 0.260 e. The Bertz CT molecular complexity index is 1290. The number of para-hydroxylation sites is 1. The van der Waals surface area contributed by atoms with Gasteiger partial charge >= 0.3 is 0 Å². The average molecular weight is 460 g/mol. The molecule has 174 valence electrons. The van der Waals surface area contributed by atoms with Crippen LogP contribution in [0.15, 0.2) is 49.1 Å². The molecule has 0 unspecified atom stereocenters. The summed E-state index contributed by atoms with van der Waals surface area (Å²) >= 11 is 0. The SMILES string of the molecule is O=C(Nc1nc2c(C(=O)Nc3ncc[nH]3)cccc2[nH]1)c1cncc(OCCC2CCCC2)c1. The van der Waals surface area contributed by atoms with Gasteiger partial charge in [-0.2, -0.15) is 0 Å². The number of benzene rings is 1. The van der Waals surface area contributed by atoms with Crippen molar-refractivity contribution < 1.29 is 14.3 Å². The van der Waals surface area contributed by atoms with Crippen LogP contribution in [0.4, 0.5) is 11.9 Å². The molecular weight excluding hydrogens is 434 g/mol. The fraction of sp³-hybridized carbons (Fsp3) is 0.292. The summed E-state index contributed by atoms with van der Waals surface area (Å²) in [5.74, 6) is 1.12. The minimum absolute atomic E-state index is 0.228. The normalized spacial score (nSPS) is 13.8. The lowest BCUT2D eigenvalue weighted by atomic mass is 10.1. The maximum atomic E-state index is 12.8. The van der Waals surface area contributed by atoms with Crippen LogP contribution in [0.2, 0.25) is 0 Å². The number of fused-ring (bicyclic) bond motifs is 1. The summed E-state index contributed by atoms with van der Waals surface area (Å²) in [6, 6.07) is 6.84. The number of H-pyrrole nitrogens is 2. The third kappa shape index (κ3) is 4.90. The molecule has 4 N–H and O–H groups in total. The molecule has 1 aliphatic carbocycles. The van der Waals surface area contributed by atoms with E-state index in [2.05, 4.69) is 35.6 Å². The van der Waals surface area contributed by atoms with E-state index in [1.807, 2.05) is 0 Å². The van der Waals surface area contributed by atoms with Crippen molar-refractivity contribution in [3.63, 3.8) is 0 Å². The van der Waals surface area contributed by atoms with Gasteiger partial charge in [-0.1, -0.05) is 31.7 Å². The second-order valence-corrected chi connectivity index (χ2v) is 8.33. The van der Waals surface area contributed by atoms with Gasteiger partial charge in [-0.3, -0.25) is 25.2 Å². The van der Waals surface area contributed by atoms with E-state index >= 15 is 0 Å². The topological polar surface area (TPSA) is 138 Å². The highest BCUT2D eigenvalue weighted by Crippen LogP contribution is 2.27. The molecule has 3 aromatic heterocycles. The van der Waals surface area contributed by atoms with Gasteiger partial charge in [-0.05, 0) is 30.5 Å². The zero-order valence-corrected chi connectivity index (χ0v) is 18.5. The maximum Gasteiger partial charge on any atom is 0.260 e. The first-order valence-electron chi connectivity index (χ1n) is 11.3. The number of aromatic amines is 2. The molecule has 0 aliphatic heterocycles. The van der Waals surface area contributed by atoms with Gasteiger partial charge in [0.05, 0.1) is 29.4 Å². The van der Waals surface area contributed by atoms with E-state index in [1.165, 1.54) is 31.9 Å². The lowest BCUT2D eigenvalue weighted by Crippen LogP contribution is -2.14. The first-order chi connectivity index (χ1) is 16.7. The Morgan fingerprint density at radius 3 is 2.76 bits per heavy atom. The fourth-order valence-corrected chi connectivity index (χ4v) is 4.23. The minimum atomic E-state index is -0.380. The largest absolute Gasteiger partial charge is 0.492 e. The number of nitrogens with zero attached hydrogens (tertiary/aromatic N) is 3. The van der Waals surface area contributed by atoms with Crippen LogP contribution in [-0.4, -0.2) is 43.3 Å². The fourth-order valence-electron chi connectivity index (χ4n) is 4.23. The molecule has 0 radical (unpaired) electrons. The lowest BCUT2D eigenvalue weighted by molar-refractivity contribution is 0.101. The minimum Gasteiger partial charge on any atom is -0.492 e. The van der Waals surface area contributed by atoms with Crippen LogP contribution >= 0.6 is 0 Å². The van der Waals surface area contributed by atoms with Crippen molar-refractivity contribution >= 4 is 34.7 Å². The number of carbonyl (C=O) groups is 2. The number of hydrogen-bond donors (Lipinski definition) is 4. The van der Waals surface area contributed by atoms with Crippen LogP contribution in [0.25, 0.3) is 11.0 Å². The first-order valence-corrected chi connectivity index (χ1v) is 11.3. The van der Waals surface area contributed by atoms with Gasteiger partial charge in [-0.15, -0.1) is 0 Å². The summed E-state index contributed by atoms with van der Waals surface area (Å²) in [6.07, 6.45) is 12.4. The average Bonchev–Trinajstić information content (AvgIpc) is 3.61. The number of hydrogen-bond acceptors (Lipinski definition) is 6. The predicted octanol–water partition coefficient (Wildman–Crippen LogP) is 4.14. The maximum absolute atomic E-state index is 12.8. The third-order valence-electron chi connectivity index (χ3n) is 5.96. The van der Waals surface area contributed by atoms with Crippen LogP contribution in [0.5, 0.6) is 5.75 Å². The van der Waals surface area contributed by atoms with Crippen molar-refractivity contribution in [1.82, 2.24) is 24.9 Å². The molecule has 0 atom stereocenters. The van der Waals surface area contributed by atoms with Gasteiger partial charge in [0, 0.05) is 18.6 Å². The molecule has 3 heterocycles. The van der Waals surface area contributed by atoms with Gasteiger partial charge in [-0.25, -0.2) is 9.97 Å². The second kappa shape index (κ2) is 9.74. The van der Waals surface area contributed by atoms with E-state index in [0.29, 0.717) is 40.5 Å². The Labute approximate surface area is 195 Å². The van der Waals surface area contributed by atoms with Crippen LogP contribution in [0.1, 0.15) is 52.8 Å². The number of imidazole rings is 2. The Balaban J connectivity index is 1.26. The molecule has 0 spiro atoms. The van der Waals surface area contributed by atoms with Gasteiger partial charge < -0.3 is 14.7 Å².